The van der Waals surface area contributed by atoms with Gasteiger partial charge in [-0.15, -0.1) is 0 Å². The molecule has 3 aromatic rings. The van der Waals surface area contributed by atoms with Crippen molar-refractivity contribution in [2.45, 2.75) is 76.3 Å². The monoisotopic (exact) mass is 543 g/mol. The number of rotatable bonds is 9. The minimum absolute atomic E-state index is 0.0592. The Labute approximate surface area is 237 Å². The summed E-state index contributed by atoms with van der Waals surface area (Å²) >= 11 is 0. The van der Waals surface area contributed by atoms with E-state index in [0.29, 0.717) is 6.42 Å². The van der Waals surface area contributed by atoms with E-state index in [2.05, 4.69) is 40.7 Å². The Morgan fingerprint density at radius 2 is 1.70 bits per heavy atom. The van der Waals surface area contributed by atoms with Crippen molar-refractivity contribution < 1.29 is 14.0 Å². The van der Waals surface area contributed by atoms with Gasteiger partial charge in [0.15, 0.2) is 0 Å². The van der Waals surface area contributed by atoms with Crippen molar-refractivity contribution >= 4 is 22.6 Å². The molecule has 1 atom stereocenters. The van der Waals surface area contributed by atoms with Crippen LogP contribution in [0.2, 0.25) is 0 Å². The zero-order valence-corrected chi connectivity index (χ0v) is 23.6. The summed E-state index contributed by atoms with van der Waals surface area (Å²) < 4.78 is 14.1. The van der Waals surface area contributed by atoms with Crippen molar-refractivity contribution in [3.63, 3.8) is 0 Å². The average molecular weight is 544 g/mol. The Balaban J connectivity index is 1.14. The van der Waals surface area contributed by atoms with Crippen molar-refractivity contribution in [3.8, 4) is 0 Å². The van der Waals surface area contributed by atoms with Gasteiger partial charge >= 0.3 is 0 Å². The highest BCUT2D eigenvalue weighted by molar-refractivity contribution is 5.90. The molecule has 2 amide bonds. The third kappa shape index (κ3) is 7.28. The van der Waals surface area contributed by atoms with Crippen LogP contribution in [0.5, 0.6) is 0 Å². The number of likely N-dealkylation sites (tertiary alicyclic amines) is 1. The Kier molecular flexibility index (Phi) is 9.15. The van der Waals surface area contributed by atoms with Crippen LogP contribution in [0.25, 0.3) is 10.8 Å². The molecule has 1 aliphatic carbocycles. The van der Waals surface area contributed by atoms with Gasteiger partial charge in [0.25, 0.3) is 0 Å². The number of carbonyl (C=O) groups excluding carboxylic acids is 2. The first-order chi connectivity index (χ1) is 19.4. The van der Waals surface area contributed by atoms with Crippen LogP contribution in [0.4, 0.5) is 4.39 Å². The molecule has 1 aliphatic heterocycles. The molecule has 40 heavy (non-hydrogen) atoms. The summed E-state index contributed by atoms with van der Waals surface area (Å²) in [5.41, 5.74) is 1.64. The van der Waals surface area contributed by atoms with Crippen LogP contribution in [0.3, 0.4) is 0 Å². The third-order valence-electron chi connectivity index (χ3n) is 8.91. The van der Waals surface area contributed by atoms with Gasteiger partial charge in [-0.05, 0) is 73.1 Å². The summed E-state index contributed by atoms with van der Waals surface area (Å²) in [7, 11) is 0. The summed E-state index contributed by atoms with van der Waals surface area (Å²) in [6.07, 6.45) is 8.14. The molecule has 2 N–H and O–H groups in total. The molecule has 0 spiro atoms. The predicted octanol–water partition coefficient (Wildman–Crippen LogP) is 6.32. The average Bonchev–Trinajstić information content (AvgIpc) is 2.96. The van der Waals surface area contributed by atoms with E-state index in [1.807, 2.05) is 30.3 Å². The van der Waals surface area contributed by atoms with Crippen molar-refractivity contribution in [1.82, 2.24) is 15.5 Å². The zero-order valence-electron chi connectivity index (χ0n) is 23.6. The highest BCUT2D eigenvalue weighted by Gasteiger charge is 2.32. The number of hydrogen-bond acceptors (Lipinski definition) is 3. The first-order valence-corrected chi connectivity index (χ1v) is 14.9. The molecular formula is C34H42FN3O2. The number of amides is 2. The van der Waals surface area contributed by atoms with E-state index in [0.717, 1.165) is 86.5 Å². The quantitative estimate of drug-likeness (QED) is 0.332. The van der Waals surface area contributed by atoms with Gasteiger partial charge in [0.1, 0.15) is 5.82 Å². The maximum atomic E-state index is 14.1. The third-order valence-corrected chi connectivity index (χ3v) is 8.91. The topological polar surface area (TPSA) is 61.4 Å². The molecule has 0 radical (unpaired) electrons. The molecule has 2 fully saturated rings. The Morgan fingerprint density at radius 3 is 2.48 bits per heavy atom. The van der Waals surface area contributed by atoms with Gasteiger partial charge in [0.2, 0.25) is 11.8 Å². The highest BCUT2D eigenvalue weighted by Crippen LogP contribution is 2.28. The lowest BCUT2D eigenvalue weighted by atomic mass is 9.88. The minimum Gasteiger partial charge on any atom is -0.351 e. The number of hydrogen-bond donors (Lipinski definition) is 2. The van der Waals surface area contributed by atoms with E-state index in [-0.39, 0.29) is 35.1 Å². The van der Waals surface area contributed by atoms with Gasteiger partial charge in [-0.25, -0.2) is 4.39 Å². The lowest BCUT2D eigenvalue weighted by molar-refractivity contribution is -0.126. The fourth-order valence-corrected chi connectivity index (χ4v) is 6.41. The number of piperidine rings is 1. The molecule has 2 aliphatic rings. The van der Waals surface area contributed by atoms with Crippen LogP contribution in [0.1, 0.15) is 75.5 Å². The predicted molar refractivity (Wildman–Crippen MR) is 158 cm³/mol. The summed E-state index contributed by atoms with van der Waals surface area (Å²) in [6.45, 7) is 4.70. The van der Waals surface area contributed by atoms with Crippen molar-refractivity contribution in [2.24, 2.45) is 5.92 Å². The van der Waals surface area contributed by atoms with Crippen LogP contribution in [0, 0.1) is 11.7 Å². The van der Waals surface area contributed by atoms with E-state index in [1.54, 1.807) is 12.1 Å². The van der Waals surface area contributed by atoms with Crippen molar-refractivity contribution in [1.29, 1.82) is 0 Å². The molecule has 212 valence electrons. The summed E-state index contributed by atoms with van der Waals surface area (Å²) in [5.74, 6) is -0.0432. The number of halogens is 1. The fourth-order valence-electron chi connectivity index (χ4n) is 6.41. The van der Waals surface area contributed by atoms with Gasteiger partial charge in [0, 0.05) is 31.1 Å². The van der Waals surface area contributed by atoms with Gasteiger partial charge in [0.05, 0.1) is 12.5 Å². The first kappa shape index (κ1) is 28.3. The smallest absolute Gasteiger partial charge is 0.224 e. The molecule has 3 aromatic carbocycles. The van der Waals surface area contributed by atoms with Crippen molar-refractivity contribution in [3.05, 3.63) is 83.7 Å². The van der Waals surface area contributed by atoms with E-state index >= 15 is 0 Å². The van der Waals surface area contributed by atoms with E-state index < -0.39 is 0 Å². The largest absolute Gasteiger partial charge is 0.351 e. The van der Waals surface area contributed by atoms with Gasteiger partial charge < -0.3 is 15.5 Å². The number of fused-ring (bicyclic) bond motifs is 1. The first-order valence-electron chi connectivity index (χ1n) is 14.9. The van der Waals surface area contributed by atoms with Crippen molar-refractivity contribution in [2.75, 3.05) is 19.6 Å². The van der Waals surface area contributed by atoms with Crippen LogP contribution in [-0.2, 0) is 16.0 Å². The van der Waals surface area contributed by atoms with Gasteiger partial charge in [-0.2, -0.15) is 0 Å². The second-order valence-corrected chi connectivity index (χ2v) is 12.0. The molecular weight excluding hydrogens is 501 g/mol. The standard InChI is InChI=1S/C34H42FN3O2/c1-34(37-32(39)24-27-13-7-12-25-9-5-6-16-30(25)27)18-21-38(22-19-34)20-17-31(28-14-8-15-29(35)23-28)36-33(40)26-10-3-2-4-11-26/h5-9,12-16,23,26,31H,2-4,10-11,17-22,24H2,1H3,(H,36,40)(H,37,39)/t31-/m0/s1. The lowest BCUT2D eigenvalue weighted by Gasteiger charge is -2.40. The van der Waals surface area contributed by atoms with Gasteiger partial charge in [-0.3, -0.25) is 9.59 Å². The number of nitrogens with one attached hydrogen (secondary N) is 2. The molecule has 0 bridgehead atoms. The molecule has 1 saturated carbocycles. The van der Waals surface area contributed by atoms with E-state index in [9.17, 15) is 14.0 Å². The second kappa shape index (κ2) is 12.9. The maximum Gasteiger partial charge on any atom is 0.224 e. The minimum atomic E-state index is -0.276. The highest BCUT2D eigenvalue weighted by atomic mass is 19.1. The molecule has 0 aromatic heterocycles. The summed E-state index contributed by atoms with van der Waals surface area (Å²) in [6, 6.07) is 20.7. The molecule has 0 unspecified atom stereocenters. The SMILES string of the molecule is CC1(NC(=O)Cc2cccc3ccccc23)CCN(CC[C@H](NC(=O)C2CCCCC2)c2cccc(F)c2)CC1. The lowest BCUT2D eigenvalue weighted by Crippen LogP contribution is -2.54. The number of carbonyl (C=O) groups is 2. The maximum absolute atomic E-state index is 14.1. The molecule has 6 heteroatoms. The normalized spacial score (nSPS) is 18.8. The summed E-state index contributed by atoms with van der Waals surface area (Å²) in [5, 5.41) is 8.86. The fraction of sp³-hybridized carbons (Fsp3) is 0.471. The summed E-state index contributed by atoms with van der Waals surface area (Å²) in [4.78, 5) is 28.5. The Morgan fingerprint density at radius 1 is 0.975 bits per heavy atom. The van der Waals surface area contributed by atoms with E-state index in [1.165, 1.54) is 12.5 Å². The molecule has 1 saturated heterocycles. The Bertz CT molecular complexity index is 1310. The van der Waals surface area contributed by atoms with Gasteiger partial charge in [-0.1, -0.05) is 73.9 Å². The molecule has 5 nitrogen and oxygen atoms in total. The van der Waals surface area contributed by atoms with Crippen LogP contribution in [0.15, 0.2) is 66.7 Å². The second-order valence-electron chi connectivity index (χ2n) is 12.0. The van der Waals surface area contributed by atoms with Crippen LogP contribution >= 0.6 is 0 Å². The number of nitrogens with zero attached hydrogens (tertiary/aromatic N) is 1. The molecule has 1 heterocycles. The van der Waals surface area contributed by atoms with E-state index in [4.69, 9.17) is 0 Å². The Hall–Kier alpha value is -3.25. The number of benzene rings is 3. The zero-order chi connectivity index (χ0) is 28.0. The van der Waals surface area contributed by atoms with Crippen LogP contribution < -0.4 is 10.6 Å². The van der Waals surface area contributed by atoms with Crippen LogP contribution in [-0.4, -0.2) is 41.9 Å². The molecule has 5 rings (SSSR count).